The first-order valence-corrected chi connectivity index (χ1v) is 6.29. The van der Waals surface area contributed by atoms with E-state index in [1.807, 2.05) is 0 Å². The molecule has 0 bridgehead atoms. The summed E-state index contributed by atoms with van der Waals surface area (Å²) in [5.74, 6) is -1.92. The molecule has 7 heteroatoms. The maximum absolute atomic E-state index is 12.1. The topological polar surface area (TPSA) is 86.6 Å². The van der Waals surface area contributed by atoms with E-state index < -0.39 is 42.8 Å². The van der Waals surface area contributed by atoms with E-state index in [4.69, 9.17) is 5.11 Å². The lowest BCUT2D eigenvalue weighted by Gasteiger charge is -2.25. The molecule has 0 saturated carbocycles. The van der Waals surface area contributed by atoms with E-state index in [0.717, 1.165) is 0 Å². The summed E-state index contributed by atoms with van der Waals surface area (Å²) in [6.45, 7) is 0.759. The van der Waals surface area contributed by atoms with Crippen molar-refractivity contribution in [3.05, 3.63) is 35.9 Å². The van der Waals surface area contributed by atoms with Crippen molar-refractivity contribution in [3.63, 3.8) is 0 Å². The second-order valence-corrected chi connectivity index (χ2v) is 4.89. The summed E-state index contributed by atoms with van der Waals surface area (Å²) < 4.78 is 24.2. The standard InChI is InChI=1S/C14H17F2NO4/c1-14(13(20)21,9-5-3-2-4-6-9)7-11(19)17-8-10(18)12(15)16/h2-6,10,12,18H,7-8H2,1H3,(H,17,19)(H,20,21). The van der Waals surface area contributed by atoms with Crippen LogP contribution in [0.5, 0.6) is 0 Å². The Labute approximate surface area is 120 Å². The van der Waals surface area contributed by atoms with Crippen LogP contribution in [-0.2, 0) is 15.0 Å². The van der Waals surface area contributed by atoms with Gasteiger partial charge >= 0.3 is 5.97 Å². The van der Waals surface area contributed by atoms with Gasteiger partial charge < -0.3 is 15.5 Å². The summed E-state index contributed by atoms with van der Waals surface area (Å²) >= 11 is 0. The van der Waals surface area contributed by atoms with E-state index in [-0.39, 0.29) is 0 Å². The zero-order chi connectivity index (χ0) is 16.0. The summed E-state index contributed by atoms with van der Waals surface area (Å²) in [6.07, 6.45) is -5.35. The fraction of sp³-hybridized carbons (Fsp3) is 0.429. The number of amides is 1. The molecule has 0 aromatic heterocycles. The molecular formula is C14H17F2NO4. The van der Waals surface area contributed by atoms with E-state index in [1.165, 1.54) is 6.92 Å². The Balaban J connectivity index is 2.76. The lowest BCUT2D eigenvalue weighted by molar-refractivity contribution is -0.145. The number of carboxylic acids is 1. The number of nitrogens with one attached hydrogen (secondary N) is 1. The number of alkyl halides is 2. The number of hydrogen-bond acceptors (Lipinski definition) is 3. The van der Waals surface area contributed by atoms with E-state index in [9.17, 15) is 23.5 Å². The summed E-state index contributed by atoms with van der Waals surface area (Å²) in [4.78, 5) is 23.2. The van der Waals surface area contributed by atoms with Crippen molar-refractivity contribution in [1.82, 2.24) is 5.32 Å². The molecule has 0 fully saturated rings. The van der Waals surface area contributed by atoms with Crippen LogP contribution in [-0.4, -0.2) is 41.2 Å². The minimum atomic E-state index is -2.97. The molecule has 0 spiro atoms. The third-order valence-corrected chi connectivity index (χ3v) is 3.20. The molecule has 0 aliphatic rings. The Morgan fingerprint density at radius 3 is 2.33 bits per heavy atom. The Kier molecular flexibility index (Phi) is 5.78. The largest absolute Gasteiger partial charge is 0.481 e. The van der Waals surface area contributed by atoms with E-state index in [0.29, 0.717) is 5.56 Å². The number of halogens is 2. The minimum absolute atomic E-state index is 0.414. The van der Waals surface area contributed by atoms with E-state index in [2.05, 4.69) is 5.32 Å². The number of benzene rings is 1. The highest BCUT2D eigenvalue weighted by atomic mass is 19.3. The number of aliphatic hydroxyl groups is 1. The van der Waals surface area contributed by atoms with Gasteiger partial charge in [-0.2, -0.15) is 0 Å². The van der Waals surface area contributed by atoms with Crippen LogP contribution in [0.2, 0.25) is 0 Å². The summed E-state index contributed by atoms with van der Waals surface area (Å²) in [6, 6.07) is 8.17. The molecule has 5 nitrogen and oxygen atoms in total. The SMILES string of the molecule is CC(CC(=O)NCC(O)C(F)F)(C(=O)O)c1ccccc1. The molecule has 1 aromatic carbocycles. The van der Waals surface area contributed by atoms with Gasteiger partial charge in [0, 0.05) is 13.0 Å². The Hall–Kier alpha value is -2.02. The van der Waals surface area contributed by atoms with Crippen LogP contribution in [0.1, 0.15) is 18.9 Å². The molecule has 0 saturated heterocycles. The first-order valence-electron chi connectivity index (χ1n) is 6.29. The lowest BCUT2D eigenvalue weighted by Crippen LogP contribution is -2.42. The zero-order valence-electron chi connectivity index (χ0n) is 11.4. The molecule has 0 aliphatic carbocycles. The number of carbonyl (C=O) groups excluding carboxylic acids is 1. The number of rotatable bonds is 7. The molecular weight excluding hydrogens is 284 g/mol. The Morgan fingerprint density at radius 2 is 1.86 bits per heavy atom. The number of aliphatic hydroxyl groups excluding tert-OH is 1. The first kappa shape index (κ1) is 17.0. The monoisotopic (exact) mass is 301 g/mol. The van der Waals surface area contributed by atoms with Crippen molar-refractivity contribution in [1.29, 1.82) is 0 Å². The highest BCUT2D eigenvalue weighted by molar-refractivity contribution is 5.89. The second kappa shape index (κ2) is 7.12. The van der Waals surface area contributed by atoms with Crippen LogP contribution in [0.25, 0.3) is 0 Å². The first-order chi connectivity index (χ1) is 9.77. The fourth-order valence-corrected chi connectivity index (χ4v) is 1.80. The van der Waals surface area contributed by atoms with Gasteiger partial charge in [-0.25, -0.2) is 8.78 Å². The van der Waals surface area contributed by atoms with Gasteiger partial charge in [0.15, 0.2) is 0 Å². The second-order valence-electron chi connectivity index (χ2n) is 4.89. The maximum Gasteiger partial charge on any atom is 0.314 e. The molecule has 0 aliphatic heterocycles. The van der Waals surface area contributed by atoms with Crippen LogP contribution in [0, 0.1) is 0 Å². The van der Waals surface area contributed by atoms with Gasteiger partial charge in [-0.05, 0) is 12.5 Å². The van der Waals surface area contributed by atoms with E-state index in [1.54, 1.807) is 30.3 Å². The average molecular weight is 301 g/mol. The summed E-state index contributed by atoms with van der Waals surface area (Å²) in [5, 5.41) is 20.4. The quantitative estimate of drug-likeness (QED) is 0.705. The molecule has 116 valence electrons. The van der Waals surface area contributed by atoms with Crippen molar-refractivity contribution < 1.29 is 28.6 Å². The van der Waals surface area contributed by atoms with Crippen molar-refractivity contribution in [2.45, 2.75) is 31.3 Å². The van der Waals surface area contributed by atoms with Crippen LogP contribution >= 0.6 is 0 Å². The van der Waals surface area contributed by atoms with Crippen LogP contribution in [0.4, 0.5) is 8.78 Å². The highest BCUT2D eigenvalue weighted by Crippen LogP contribution is 2.27. The molecule has 2 atom stereocenters. The molecule has 0 heterocycles. The van der Waals surface area contributed by atoms with Crippen LogP contribution in [0.15, 0.2) is 30.3 Å². The minimum Gasteiger partial charge on any atom is -0.481 e. The number of aliphatic carboxylic acids is 1. The zero-order valence-corrected chi connectivity index (χ0v) is 11.4. The van der Waals surface area contributed by atoms with Gasteiger partial charge in [-0.1, -0.05) is 30.3 Å². The number of carboxylic acid groups (broad SMARTS) is 1. The average Bonchev–Trinajstić information content (AvgIpc) is 2.45. The predicted molar refractivity (Wildman–Crippen MR) is 71.1 cm³/mol. The van der Waals surface area contributed by atoms with Gasteiger partial charge in [0.1, 0.15) is 6.10 Å². The predicted octanol–water partition coefficient (Wildman–Crippen LogP) is 1.16. The van der Waals surface area contributed by atoms with Crippen molar-refractivity contribution in [2.75, 3.05) is 6.54 Å². The van der Waals surface area contributed by atoms with Gasteiger partial charge in [-0.3, -0.25) is 9.59 Å². The van der Waals surface area contributed by atoms with Crippen molar-refractivity contribution >= 4 is 11.9 Å². The molecule has 2 unspecified atom stereocenters. The van der Waals surface area contributed by atoms with Crippen molar-refractivity contribution in [3.8, 4) is 0 Å². The van der Waals surface area contributed by atoms with Gasteiger partial charge in [0.25, 0.3) is 6.43 Å². The molecule has 21 heavy (non-hydrogen) atoms. The van der Waals surface area contributed by atoms with Gasteiger partial charge in [0.05, 0.1) is 5.41 Å². The van der Waals surface area contributed by atoms with Crippen molar-refractivity contribution in [2.24, 2.45) is 0 Å². The highest BCUT2D eigenvalue weighted by Gasteiger charge is 2.37. The molecule has 1 amide bonds. The van der Waals surface area contributed by atoms with Gasteiger partial charge in [-0.15, -0.1) is 0 Å². The third-order valence-electron chi connectivity index (χ3n) is 3.20. The molecule has 3 N–H and O–H groups in total. The maximum atomic E-state index is 12.1. The van der Waals surface area contributed by atoms with E-state index >= 15 is 0 Å². The summed E-state index contributed by atoms with van der Waals surface area (Å²) in [5.41, 5.74) is -1.04. The molecule has 0 radical (unpaired) electrons. The Bertz CT molecular complexity index is 495. The smallest absolute Gasteiger partial charge is 0.314 e. The van der Waals surface area contributed by atoms with Crippen LogP contribution < -0.4 is 5.32 Å². The fourth-order valence-electron chi connectivity index (χ4n) is 1.80. The summed E-state index contributed by atoms with van der Waals surface area (Å²) in [7, 11) is 0. The molecule has 1 rings (SSSR count). The third kappa shape index (κ3) is 4.49. The number of hydrogen-bond donors (Lipinski definition) is 3. The van der Waals surface area contributed by atoms with Gasteiger partial charge in [0.2, 0.25) is 5.91 Å². The number of carbonyl (C=O) groups is 2. The lowest BCUT2D eigenvalue weighted by atomic mass is 9.79. The Morgan fingerprint density at radius 1 is 1.29 bits per heavy atom. The molecule has 1 aromatic rings. The normalized spacial score (nSPS) is 15.3. The van der Waals surface area contributed by atoms with Crippen LogP contribution in [0.3, 0.4) is 0 Å².